The van der Waals surface area contributed by atoms with Crippen LogP contribution in [0.1, 0.15) is 0 Å². The average Bonchev–Trinajstić information content (AvgIpc) is 0.722. The largest absolute Gasteiger partial charge is 1.00 e. The first-order valence-corrected chi connectivity index (χ1v) is 3.05. The summed E-state index contributed by atoms with van der Waals surface area (Å²) in [5.41, 5.74) is 0. The predicted octanol–water partition coefficient (Wildman–Crippen LogP) is -0.883. The minimum atomic E-state index is -4.08. The van der Waals surface area contributed by atoms with Gasteiger partial charge in [-0.15, -0.1) is 0 Å². The molecule has 7 heteroatoms. The van der Waals surface area contributed by atoms with E-state index in [9.17, 15) is 0 Å². The Morgan fingerprint density at radius 3 is 1.71 bits per heavy atom. The summed E-state index contributed by atoms with van der Waals surface area (Å²) in [5.74, 6) is 0. The molecule has 0 fully saturated rings. The molecule has 0 saturated carbocycles. The van der Waals surface area contributed by atoms with E-state index in [0.29, 0.717) is 0 Å². The van der Waals surface area contributed by atoms with Gasteiger partial charge in [0.2, 0.25) is 0 Å². The molecule has 0 spiro atoms. The summed E-state index contributed by atoms with van der Waals surface area (Å²) in [6.07, 6.45) is 0. The van der Waals surface area contributed by atoms with Crippen LogP contribution in [-0.2, 0) is 20.2 Å². The zero-order chi connectivity index (χ0) is 4.50. The van der Waals surface area contributed by atoms with Crippen LogP contribution in [0.2, 0.25) is 0 Å². The Labute approximate surface area is 76.6 Å². The van der Waals surface area contributed by atoms with E-state index in [1.54, 1.807) is 0 Å². The standard InChI is InChI=1S/Ca.H3N.H2O3S2/c;;1-5(2,3)4/h;1H3;(H2,1,2,3,4)/q+1;;/p-1. The molecule has 0 heterocycles. The second kappa shape index (κ2) is 5.64. The average molecular weight is 170 g/mol. The number of hydrogen-bond acceptors (Lipinski definition) is 4. The van der Waals surface area contributed by atoms with Crippen molar-refractivity contribution in [2.24, 2.45) is 0 Å². The Balaban J connectivity index is -0.0000000800. The van der Waals surface area contributed by atoms with Crippen LogP contribution in [0.25, 0.3) is 0 Å². The summed E-state index contributed by atoms with van der Waals surface area (Å²) < 4.78 is 25.3. The maximum absolute atomic E-state index is 9.00. The molecule has 1 radical (unpaired) electrons. The Morgan fingerprint density at radius 2 is 1.71 bits per heavy atom. The predicted molar refractivity (Wildman–Crippen MR) is 29.7 cm³/mol. The molecule has 0 aliphatic rings. The van der Waals surface area contributed by atoms with Gasteiger partial charge >= 0.3 is 37.7 Å². The maximum Gasteiger partial charge on any atom is 1.00 e. The van der Waals surface area contributed by atoms with Crippen molar-refractivity contribution in [3.05, 3.63) is 0 Å². The van der Waals surface area contributed by atoms with Crippen molar-refractivity contribution >= 4 is 58.0 Å². The summed E-state index contributed by atoms with van der Waals surface area (Å²) in [4.78, 5) is 0. The van der Waals surface area contributed by atoms with Gasteiger partial charge in [0.15, 0.2) is 0 Å². The summed E-state index contributed by atoms with van der Waals surface area (Å²) >= 11 is 3.35. The van der Waals surface area contributed by atoms with E-state index in [0.717, 1.165) is 0 Å². The zero-order valence-corrected chi connectivity index (χ0v) is 7.34. The van der Waals surface area contributed by atoms with Crippen LogP contribution in [0.3, 0.4) is 0 Å². The third-order valence-corrected chi connectivity index (χ3v) is 0. The second-order valence-corrected chi connectivity index (χ2v) is 2.55. The van der Waals surface area contributed by atoms with Gasteiger partial charge in [-0.25, -0.2) is 4.21 Å². The van der Waals surface area contributed by atoms with E-state index >= 15 is 0 Å². The van der Waals surface area contributed by atoms with E-state index < -0.39 is 9.05 Å². The van der Waals surface area contributed by atoms with Gasteiger partial charge in [-0.3, -0.25) is 0 Å². The third-order valence-electron chi connectivity index (χ3n) is 0. The fourth-order valence-electron chi connectivity index (χ4n) is 0. The first-order valence-electron chi connectivity index (χ1n) is 0.683. The Kier molecular flexibility index (Phi) is 12.7. The van der Waals surface area contributed by atoms with Crippen LogP contribution >= 0.6 is 0 Å². The van der Waals surface area contributed by atoms with Crippen molar-refractivity contribution < 1.29 is 13.3 Å². The summed E-state index contributed by atoms with van der Waals surface area (Å²) in [7, 11) is -4.08. The van der Waals surface area contributed by atoms with E-state index in [1.807, 2.05) is 0 Å². The molecule has 1 atom stereocenters. The van der Waals surface area contributed by atoms with Crippen molar-refractivity contribution in [2.75, 3.05) is 0 Å². The molecule has 0 aromatic heterocycles. The molecule has 7 heavy (non-hydrogen) atoms. The molecule has 0 amide bonds. The molecular weight excluding hydrogens is 166 g/mol. The fourth-order valence-corrected chi connectivity index (χ4v) is 0. The SMILES string of the molecule is N.O=S([O-])(O)=S.[Ca+]. The zero-order valence-electron chi connectivity index (χ0n) is 3.49. The molecule has 0 aromatic carbocycles. The molecule has 0 aromatic rings. The van der Waals surface area contributed by atoms with Crippen molar-refractivity contribution in [2.45, 2.75) is 0 Å². The van der Waals surface area contributed by atoms with Crippen molar-refractivity contribution in [1.82, 2.24) is 6.15 Å². The Morgan fingerprint density at radius 1 is 1.71 bits per heavy atom. The van der Waals surface area contributed by atoms with E-state index in [2.05, 4.69) is 11.2 Å². The van der Waals surface area contributed by atoms with Crippen LogP contribution in [0, 0.1) is 0 Å². The molecule has 0 rings (SSSR count). The van der Waals surface area contributed by atoms with Gasteiger partial charge in [0.05, 0.1) is 9.05 Å². The van der Waals surface area contributed by atoms with E-state index in [1.165, 1.54) is 0 Å². The monoisotopic (exact) mass is 170 g/mol. The molecule has 0 aliphatic heterocycles. The van der Waals surface area contributed by atoms with Crippen LogP contribution < -0.4 is 6.15 Å². The van der Waals surface area contributed by atoms with Gasteiger partial charge in [0.25, 0.3) is 0 Å². The van der Waals surface area contributed by atoms with Gasteiger partial charge in [-0.05, 0) is 11.2 Å². The van der Waals surface area contributed by atoms with Crippen molar-refractivity contribution in [3.8, 4) is 0 Å². The first kappa shape index (κ1) is 15.8. The molecule has 4 nitrogen and oxygen atoms in total. The first-order chi connectivity index (χ1) is 2.00. The van der Waals surface area contributed by atoms with Crippen LogP contribution in [-0.4, -0.2) is 51.1 Å². The van der Waals surface area contributed by atoms with Crippen LogP contribution in [0.15, 0.2) is 0 Å². The molecule has 0 saturated heterocycles. The quantitative estimate of drug-likeness (QED) is 0.460. The Hall–Kier alpha value is 1.51. The molecule has 0 bridgehead atoms. The minimum absolute atomic E-state index is 0. The van der Waals surface area contributed by atoms with Crippen LogP contribution in [0.5, 0.6) is 0 Å². The summed E-state index contributed by atoms with van der Waals surface area (Å²) in [6.45, 7) is 0. The summed E-state index contributed by atoms with van der Waals surface area (Å²) in [6, 6.07) is 0. The normalized spacial score (nSPS) is 15.1. The van der Waals surface area contributed by atoms with Crippen molar-refractivity contribution in [1.29, 1.82) is 0 Å². The number of hydrogen-bond donors (Lipinski definition) is 2. The molecular formula is H4CaNO3S2. The molecule has 0 aliphatic carbocycles. The number of rotatable bonds is 0. The second-order valence-electron chi connectivity index (χ2n) is 0.428. The topological polar surface area (TPSA) is 95.4 Å². The smallest absolute Gasteiger partial charge is 0.748 e. The summed E-state index contributed by atoms with van der Waals surface area (Å²) in [5, 5.41) is 0. The van der Waals surface area contributed by atoms with E-state index in [-0.39, 0.29) is 43.9 Å². The van der Waals surface area contributed by atoms with Gasteiger partial charge in [0, 0.05) is 0 Å². The molecule has 4 N–H and O–H groups in total. The van der Waals surface area contributed by atoms with Gasteiger partial charge < -0.3 is 15.3 Å². The van der Waals surface area contributed by atoms with Gasteiger partial charge in [-0.2, -0.15) is 0 Å². The Bertz CT molecular complexity index is 96.1. The molecule has 41 valence electrons. The van der Waals surface area contributed by atoms with E-state index in [4.69, 9.17) is 13.3 Å². The minimum Gasteiger partial charge on any atom is -0.748 e. The molecule has 1 unspecified atom stereocenters. The van der Waals surface area contributed by atoms with Gasteiger partial charge in [-0.1, -0.05) is 0 Å². The maximum atomic E-state index is 9.00. The van der Waals surface area contributed by atoms with Crippen molar-refractivity contribution in [3.63, 3.8) is 0 Å². The fraction of sp³-hybridized carbons (Fsp3) is 0. The van der Waals surface area contributed by atoms with Crippen LogP contribution in [0.4, 0.5) is 0 Å². The van der Waals surface area contributed by atoms with Gasteiger partial charge in [0.1, 0.15) is 0 Å². The third kappa shape index (κ3) is 100.